The summed E-state index contributed by atoms with van der Waals surface area (Å²) >= 11 is 0. The van der Waals surface area contributed by atoms with Gasteiger partial charge in [-0.05, 0) is 31.7 Å². The number of nitrogens with one attached hydrogen (secondary N) is 1. The summed E-state index contributed by atoms with van der Waals surface area (Å²) in [6.45, 7) is 3.74. The molecule has 1 saturated heterocycles. The van der Waals surface area contributed by atoms with E-state index in [9.17, 15) is 13.2 Å². The van der Waals surface area contributed by atoms with Gasteiger partial charge in [-0.2, -0.15) is 0 Å². The van der Waals surface area contributed by atoms with Crippen molar-refractivity contribution in [3.8, 4) is 0 Å². The Morgan fingerprint density at radius 1 is 1.29 bits per heavy atom. The largest absolute Gasteiger partial charge is 0.450 e. The molecule has 1 aliphatic heterocycles. The van der Waals surface area contributed by atoms with Crippen LogP contribution in [-0.2, 0) is 20.3 Å². The molecule has 0 radical (unpaired) electrons. The summed E-state index contributed by atoms with van der Waals surface area (Å²) in [4.78, 5) is 17.6. The number of rotatable bonds is 8. The second kappa shape index (κ2) is 10.9. The summed E-state index contributed by atoms with van der Waals surface area (Å²) in [5.41, 5.74) is 6.70. The lowest BCUT2D eigenvalue weighted by molar-refractivity contribution is 0.0963. The predicted octanol–water partition coefficient (Wildman–Crippen LogP) is 1.52. The number of benzene rings is 1. The molecule has 0 saturated carbocycles. The van der Waals surface area contributed by atoms with E-state index in [2.05, 4.69) is 10.3 Å². The van der Waals surface area contributed by atoms with Gasteiger partial charge in [-0.1, -0.05) is 30.3 Å². The molecule has 1 aliphatic rings. The van der Waals surface area contributed by atoms with Crippen molar-refractivity contribution >= 4 is 21.9 Å². The van der Waals surface area contributed by atoms with Crippen LogP contribution in [0.5, 0.6) is 0 Å². The molecular formula is C19H30N4O4S. The minimum absolute atomic E-state index is 0.0460. The van der Waals surface area contributed by atoms with Crippen molar-refractivity contribution < 1.29 is 17.9 Å². The van der Waals surface area contributed by atoms with Crippen molar-refractivity contribution in [2.75, 3.05) is 32.0 Å². The van der Waals surface area contributed by atoms with Gasteiger partial charge in [-0.3, -0.25) is 4.99 Å². The molecule has 1 fully saturated rings. The van der Waals surface area contributed by atoms with Crippen LogP contribution in [0.3, 0.4) is 0 Å². The van der Waals surface area contributed by atoms with Gasteiger partial charge in [0.05, 0.1) is 18.1 Å². The van der Waals surface area contributed by atoms with Crippen LogP contribution in [0.1, 0.15) is 31.7 Å². The standard InChI is InChI=1S/C19H30N4O4S/c1-2-27-19(24)23-12-9-17(10-13-23)22-18(20)21-11-6-14-28(25,26)15-16-7-4-3-5-8-16/h3-5,7-8,17H,2,6,9-15H2,1H3,(H3,20,21,22). The lowest BCUT2D eigenvalue weighted by atomic mass is 10.1. The zero-order valence-electron chi connectivity index (χ0n) is 16.3. The maximum absolute atomic E-state index is 12.2. The number of piperidine rings is 1. The van der Waals surface area contributed by atoms with Crippen LogP contribution in [0.15, 0.2) is 35.3 Å². The quantitative estimate of drug-likeness (QED) is 0.381. The number of amides is 1. The molecule has 0 bridgehead atoms. The molecule has 0 unspecified atom stereocenters. The number of ether oxygens (including phenoxy) is 1. The van der Waals surface area contributed by atoms with Gasteiger partial charge < -0.3 is 20.7 Å². The van der Waals surface area contributed by atoms with Crippen molar-refractivity contribution in [2.24, 2.45) is 10.7 Å². The second-order valence-electron chi connectivity index (χ2n) is 6.80. The number of nitrogens with zero attached hydrogens (tertiary/aromatic N) is 2. The molecule has 0 aliphatic carbocycles. The fraction of sp³-hybridized carbons (Fsp3) is 0.579. The number of carbonyl (C=O) groups is 1. The molecular weight excluding hydrogens is 380 g/mol. The van der Waals surface area contributed by atoms with E-state index < -0.39 is 9.84 Å². The highest BCUT2D eigenvalue weighted by Crippen LogP contribution is 2.11. The molecule has 156 valence electrons. The Kier molecular flexibility index (Phi) is 8.56. The molecule has 1 aromatic rings. The highest BCUT2D eigenvalue weighted by Gasteiger charge is 2.23. The molecule has 1 amide bonds. The van der Waals surface area contributed by atoms with Crippen molar-refractivity contribution in [1.29, 1.82) is 0 Å². The van der Waals surface area contributed by atoms with Gasteiger partial charge in [-0.15, -0.1) is 0 Å². The third-order valence-electron chi connectivity index (χ3n) is 4.50. The molecule has 28 heavy (non-hydrogen) atoms. The number of aliphatic imine (C=N–C) groups is 1. The number of guanidine groups is 1. The first kappa shape index (κ1) is 22.0. The highest BCUT2D eigenvalue weighted by molar-refractivity contribution is 7.90. The van der Waals surface area contributed by atoms with Gasteiger partial charge >= 0.3 is 6.09 Å². The number of hydrogen-bond acceptors (Lipinski definition) is 5. The molecule has 0 aromatic heterocycles. The maximum Gasteiger partial charge on any atom is 0.409 e. The molecule has 8 nitrogen and oxygen atoms in total. The Bertz CT molecular complexity index is 744. The minimum atomic E-state index is -3.16. The van der Waals surface area contributed by atoms with E-state index in [0.717, 1.165) is 18.4 Å². The fourth-order valence-corrected chi connectivity index (χ4v) is 4.47. The summed E-state index contributed by atoms with van der Waals surface area (Å²) in [5.74, 6) is 0.441. The van der Waals surface area contributed by atoms with Gasteiger partial charge in [0.2, 0.25) is 0 Å². The van der Waals surface area contributed by atoms with Crippen LogP contribution in [0, 0.1) is 0 Å². The van der Waals surface area contributed by atoms with E-state index >= 15 is 0 Å². The third kappa shape index (κ3) is 7.75. The monoisotopic (exact) mass is 410 g/mol. The first-order chi connectivity index (χ1) is 13.4. The van der Waals surface area contributed by atoms with Gasteiger partial charge in [0.15, 0.2) is 15.8 Å². The van der Waals surface area contributed by atoms with Crippen molar-refractivity contribution in [3.63, 3.8) is 0 Å². The zero-order valence-corrected chi connectivity index (χ0v) is 17.2. The van der Waals surface area contributed by atoms with Crippen LogP contribution in [0.25, 0.3) is 0 Å². The fourth-order valence-electron chi connectivity index (χ4n) is 3.06. The topological polar surface area (TPSA) is 114 Å². The molecule has 2 rings (SSSR count). The number of likely N-dealkylation sites (tertiary alicyclic amines) is 1. The minimum Gasteiger partial charge on any atom is -0.450 e. The average molecular weight is 411 g/mol. The molecule has 0 spiro atoms. The van der Waals surface area contributed by atoms with Gasteiger partial charge in [0.1, 0.15) is 0 Å². The van der Waals surface area contributed by atoms with Crippen LogP contribution in [0.2, 0.25) is 0 Å². The van der Waals surface area contributed by atoms with Gasteiger partial charge in [-0.25, -0.2) is 13.2 Å². The predicted molar refractivity (Wildman–Crippen MR) is 110 cm³/mol. The van der Waals surface area contributed by atoms with Gasteiger partial charge in [0.25, 0.3) is 0 Å². The molecule has 3 N–H and O–H groups in total. The first-order valence-electron chi connectivity index (χ1n) is 9.62. The van der Waals surface area contributed by atoms with Crippen molar-refractivity contribution in [3.05, 3.63) is 35.9 Å². The van der Waals surface area contributed by atoms with Crippen LogP contribution in [-0.4, -0.2) is 63.4 Å². The number of nitrogens with two attached hydrogens (primary N) is 1. The Morgan fingerprint density at radius 3 is 2.61 bits per heavy atom. The van der Waals surface area contributed by atoms with E-state index in [1.807, 2.05) is 30.3 Å². The van der Waals surface area contributed by atoms with Gasteiger partial charge in [0, 0.05) is 25.7 Å². The maximum atomic E-state index is 12.2. The molecule has 1 heterocycles. The Labute approximate surface area is 167 Å². The second-order valence-corrected chi connectivity index (χ2v) is 8.99. The lowest BCUT2D eigenvalue weighted by Crippen LogP contribution is -2.48. The van der Waals surface area contributed by atoms with E-state index in [4.69, 9.17) is 10.5 Å². The number of carbonyl (C=O) groups excluding carboxylic acids is 1. The normalized spacial score (nSPS) is 16.0. The van der Waals surface area contributed by atoms with Crippen LogP contribution < -0.4 is 11.1 Å². The highest BCUT2D eigenvalue weighted by atomic mass is 32.2. The zero-order chi connectivity index (χ0) is 20.4. The Morgan fingerprint density at radius 2 is 1.96 bits per heavy atom. The van der Waals surface area contributed by atoms with E-state index in [-0.39, 0.29) is 23.6 Å². The molecule has 1 aromatic carbocycles. The SMILES string of the molecule is CCOC(=O)N1CCC(NC(N)=NCCCS(=O)(=O)Cc2ccccc2)CC1. The van der Waals surface area contributed by atoms with Crippen molar-refractivity contribution in [2.45, 2.75) is 38.0 Å². The summed E-state index contributed by atoms with van der Waals surface area (Å²) in [5, 5.41) is 3.15. The van der Waals surface area contributed by atoms with E-state index in [1.54, 1.807) is 11.8 Å². The Hall–Kier alpha value is -2.29. The lowest BCUT2D eigenvalue weighted by Gasteiger charge is -2.31. The smallest absolute Gasteiger partial charge is 0.409 e. The number of hydrogen-bond donors (Lipinski definition) is 2. The van der Waals surface area contributed by atoms with E-state index in [1.165, 1.54) is 0 Å². The van der Waals surface area contributed by atoms with Crippen LogP contribution in [0.4, 0.5) is 4.79 Å². The summed E-state index contributed by atoms with van der Waals surface area (Å²) in [6, 6.07) is 9.30. The molecule has 0 atom stereocenters. The average Bonchev–Trinajstić information content (AvgIpc) is 2.66. The first-order valence-corrected chi connectivity index (χ1v) is 11.4. The summed E-state index contributed by atoms with van der Waals surface area (Å²) in [7, 11) is -3.16. The number of sulfone groups is 1. The third-order valence-corrected chi connectivity index (χ3v) is 6.18. The van der Waals surface area contributed by atoms with E-state index in [0.29, 0.717) is 38.6 Å². The molecule has 9 heteroatoms. The summed E-state index contributed by atoms with van der Waals surface area (Å²) in [6.07, 6.45) is 1.68. The summed E-state index contributed by atoms with van der Waals surface area (Å²) < 4.78 is 29.3. The Balaban J connectivity index is 1.67. The van der Waals surface area contributed by atoms with Crippen molar-refractivity contribution in [1.82, 2.24) is 10.2 Å². The van der Waals surface area contributed by atoms with Crippen LogP contribution >= 0.6 is 0 Å².